The molecule has 0 spiro atoms. The fraction of sp³-hybridized carbons (Fsp3) is 0.375. The van der Waals surface area contributed by atoms with E-state index >= 15 is 0 Å². The fourth-order valence-electron chi connectivity index (χ4n) is 6.32. The number of carbonyl (C=O) groups is 2. The second-order valence-corrected chi connectivity index (χ2v) is 11.6. The average Bonchev–Trinajstić information content (AvgIpc) is 3.30. The number of hydrogen-bond donors (Lipinski definition) is 1. The molecule has 212 valence electrons. The zero-order chi connectivity index (χ0) is 28.8. The third kappa shape index (κ3) is 5.01. The predicted octanol–water partition coefficient (Wildman–Crippen LogP) is 3.85. The molecule has 2 amide bonds. The maximum Gasteiger partial charge on any atom is 0.250 e. The molecule has 4 aromatic rings. The monoisotopic (exact) mass is 555 g/mol. The van der Waals surface area contributed by atoms with Gasteiger partial charge in [0.05, 0.1) is 12.0 Å². The molecule has 9 nitrogen and oxygen atoms in total. The third-order valence-corrected chi connectivity index (χ3v) is 8.19. The van der Waals surface area contributed by atoms with Crippen molar-refractivity contribution >= 4 is 23.0 Å². The highest BCUT2D eigenvalue weighted by molar-refractivity contribution is 5.93. The molecule has 2 unspecified atom stereocenters. The first kappa shape index (κ1) is 26.8. The van der Waals surface area contributed by atoms with Gasteiger partial charge >= 0.3 is 0 Å². The summed E-state index contributed by atoms with van der Waals surface area (Å²) in [7, 11) is 0. The van der Waals surface area contributed by atoms with Crippen LogP contribution in [0.3, 0.4) is 0 Å². The summed E-state index contributed by atoms with van der Waals surface area (Å²) in [5, 5.41) is 2.97. The van der Waals surface area contributed by atoms with Crippen molar-refractivity contribution in [1.82, 2.24) is 14.8 Å². The van der Waals surface area contributed by atoms with E-state index in [9.17, 15) is 19.2 Å². The van der Waals surface area contributed by atoms with Gasteiger partial charge in [0.25, 0.3) is 5.56 Å². The summed E-state index contributed by atoms with van der Waals surface area (Å²) in [5.74, 6) is 0.434. The molecule has 5 heterocycles. The van der Waals surface area contributed by atoms with E-state index in [1.807, 2.05) is 59.7 Å². The summed E-state index contributed by atoms with van der Waals surface area (Å²) in [5.41, 5.74) is 2.14. The minimum atomic E-state index is -0.730. The lowest BCUT2D eigenvalue weighted by Crippen LogP contribution is -2.56. The van der Waals surface area contributed by atoms with Crippen LogP contribution in [-0.2, 0) is 22.6 Å². The summed E-state index contributed by atoms with van der Waals surface area (Å²) >= 11 is 0. The van der Waals surface area contributed by atoms with Gasteiger partial charge in [0.2, 0.25) is 22.8 Å². The molecule has 3 aromatic heterocycles. The number of nitrogens with one attached hydrogen (secondary N) is 1. The summed E-state index contributed by atoms with van der Waals surface area (Å²) in [6.07, 6.45) is 0.814. The van der Waals surface area contributed by atoms with Crippen molar-refractivity contribution < 1.29 is 18.4 Å². The standard InChI is InChI=1S/C32H33N3O6/c1-18(2)28(32(39)34-15-20-13-22(17-34)24-10-7-11-27(38)35(24)16-20)33-26(37)14-23-29(21-8-5-4-6-9-21)41-31-25(36)12-19(3)40-30(23)31/h4-12,18,20,22,28H,13-17H2,1-3H3,(H,33,37)/t20?,22?,28-/m0/s1. The first-order valence-electron chi connectivity index (χ1n) is 14.1. The maximum absolute atomic E-state index is 13.8. The van der Waals surface area contributed by atoms with Crippen LogP contribution < -0.4 is 16.3 Å². The van der Waals surface area contributed by atoms with E-state index in [1.54, 1.807) is 19.1 Å². The lowest BCUT2D eigenvalue weighted by atomic mass is 9.82. The molecule has 1 N–H and O–H groups in total. The van der Waals surface area contributed by atoms with Gasteiger partial charge in [-0.15, -0.1) is 0 Å². The number of amides is 2. The minimum Gasteiger partial charge on any atom is -0.457 e. The largest absolute Gasteiger partial charge is 0.457 e. The third-order valence-electron chi connectivity index (χ3n) is 8.19. The molecule has 2 aliphatic heterocycles. The first-order valence-corrected chi connectivity index (χ1v) is 14.1. The molecular formula is C32H33N3O6. The Morgan fingerprint density at radius 3 is 2.51 bits per heavy atom. The van der Waals surface area contributed by atoms with Gasteiger partial charge in [-0.2, -0.15) is 0 Å². The van der Waals surface area contributed by atoms with E-state index in [0.29, 0.717) is 36.7 Å². The van der Waals surface area contributed by atoms with Crippen LogP contribution in [0, 0.1) is 18.8 Å². The van der Waals surface area contributed by atoms with Gasteiger partial charge in [-0.3, -0.25) is 19.2 Å². The Morgan fingerprint density at radius 1 is 0.976 bits per heavy atom. The molecule has 0 aliphatic carbocycles. The minimum absolute atomic E-state index is 0.00281. The van der Waals surface area contributed by atoms with Crippen molar-refractivity contribution in [3.63, 3.8) is 0 Å². The Labute approximate surface area is 236 Å². The van der Waals surface area contributed by atoms with Gasteiger partial charge in [-0.05, 0) is 31.2 Å². The molecule has 1 aromatic carbocycles. The summed E-state index contributed by atoms with van der Waals surface area (Å²) < 4.78 is 13.7. The van der Waals surface area contributed by atoms with E-state index < -0.39 is 6.04 Å². The molecule has 2 bridgehead atoms. The first-order chi connectivity index (χ1) is 19.7. The number of aromatic nitrogens is 1. The van der Waals surface area contributed by atoms with E-state index in [-0.39, 0.29) is 58.1 Å². The van der Waals surface area contributed by atoms with Crippen molar-refractivity contribution in [3.05, 3.63) is 92.2 Å². The highest BCUT2D eigenvalue weighted by Gasteiger charge is 2.39. The van der Waals surface area contributed by atoms with Crippen LogP contribution in [0.2, 0.25) is 0 Å². The fourth-order valence-corrected chi connectivity index (χ4v) is 6.32. The smallest absolute Gasteiger partial charge is 0.250 e. The van der Waals surface area contributed by atoms with Crippen molar-refractivity contribution in [1.29, 1.82) is 0 Å². The average molecular weight is 556 g/mol. The SMILES string of the molecule is Cc1cc(=O)c2oc(-c3ccccc3)c(CC(=O)N[C@H](C(=O)N3CC4CC(C3)c3cccc(=O)n3C4)C(C)C)c2o1. The molecule has 1 saturated heterocycles. The number of benzene rings is 1. The van der Waals surface area contributed by atoms with Crippen molar-refractivity contribution in [3.8, 4) is 11.3 Å². The molecule has 9 heteroatoms. The number of aryl methyl sites for hydroxylation is 1. The number of nitrogens with zero attached hydrogens (tertiary/aromatic N) is 2. The highest BCUT2D eigenvalue weighted by atomic mass is 16.4. The van der Waals surface area contributed by atoms with Gasteiger partial charge in [-0.25, -0.2) is 0 Å². The Balaban J connectivity index is 1.25. The van der Waals surface area contributed by atoms with Crippen molar-refractivity contribution in [2.45, 2.75) is 52.1 Å². The normalized spacial score (nSPS) is 18.8. The van der Waals surface area contributed by atoms with E-state index in [1.165, 1.54) is 6.07 Å². The van der Waals surface area contributed by atoms with Crippen LogP contribution in [0.4, 0.5) is 0 Å². The van der Waals surface area contributed by atoms with Crippen LogP contribution in [0.1, 0.15) is 43.2 Å². The molecule has 0 radical (unpaired) electrons. The molecule has 1 fully saturated rings. The number of furan rings is 1. The zero-order valence-corrected chi connectivity index (χ0v) is 23.4. The zero-order valence-electron chi connectivity index (χ0n) is 23.4. The number of piperidine rings is 1. The van der Waals surface area contributed by atoms with Crippen molar-refractivity contribution in [2.24, 2.45) is 11.8 Å². The second-order valence-electron chi connectivity index (χ2n) is 11.6. The molecule has 2 aliphatic rings. The lowest BCUT2D eigenvalue weighted by molar-refractivity contribution is -0.140. The Hall–Kier alpha value is -4.40. The van der Waals surface area contributed by atoms with Gasteiger partial charge in [0.15, 0.2) is 5.58 Å². The van der Waals surface area contributed by atoms with Crippen LogP contribution >= 0.6 is 0 Å². The number of likely N-dealkylation sites (tertiary alicyclic amines) is 1. The Kier molecular flexibility index (Phi) is 6.89. The quantitative estimate of drug-likeness (QED) is 0.387. The van der Waals surface area contributed by atoms with Crippen LogP contribution in [0.15, 0.2) is 73.0 Å². The van der Waals surface area contributed by atoms with Crippen LogP contribution in [0.5, 0.6) is 0 Å². The van der Waals surface area contributed by atoms with E-state index in [2.05, 4.69) is 5.32 Å². The molecular weight excluding hydrogens is 522 g/mol. The number of fused-ring (bicyclic) bond motifs is 5. The van der Waals surface area contributed by atoms with Crippen LogP contribution in [-0.4, -0.2) is 40.4 Å². The Morgan fingerprint density at radius 2 is 1.76 bits per heavy atom. The van der Waals surface area contributed by atoms with E-state index in [0.717, 1.165) is 17.7 Å². The molecule has 41 heavy (non-hydrogen) atoms. The summed E-state index contributed by atoms with van der Waals surface area (Å²) in [4.78, 5) is 54.3. The van der Waals surface area contributed by atoms with Gasteiger partial charge < -0.3 is 23.6 Å². The molecule has 3 atom stereocenters. The lowest BCUT2D eigenvalue weighted by Gasteiger charge is -2.44. The second kappa shape index (κ2) is 10.5. The summed E-state index contributed by atoms with van der Waals surface area (Å²) in [6, 6.07) is 15.2. The molecule has 6 rings (SSSR count). The van der Waals surface area contributed by atoms with Gasteiger partial charge in [0.1, 0.15) is 17.6 Å². The number of carbonyl (C=O) groups excluding carboxylic acids is 2. The van der Waals surface area contributed by atoms with Gasteiger partial charge in [0, 0.05) is 48.9 Å². The van der Waals surface area contributed by atoms with Gasteiger partial charge in [-0.1, -0.05) is 50.2 Å². The maximum atomic E-state index is 13.8. The summed E-state index contributed by atoms with van der Waals surface area (Å²) in [6.45, 7) is 7.14. The Bertz CT molecular complexity index is 1750. The predicted molar refractivity (Wildman–Crippen MR) is 154 cm³/mol. The van der Waals surface area contributed by atoms with Crippen molar-refractivity contribution in [2.75, 3.05) is 13.1 Å². The van der Waals surface area contributed by atoms with E-state index in [4.69, 9.17) is 8.83 Å². The topological polar surface area (TPSA) is 115 Å². The number of hydrogen-bond acceptors (Lipinski definition) is 6. The number of rotatable bonds is 6. The molecule has 0 saturated carbocycles. The highest BCUT2D eigenvalue weighted by Crippen LogP contribution is 2.36. The van der Waals surface area contributed by atoms with Crippen LogP contribution in [0.25, 0.3) is 22.5 Å². The number of pyridine rings is 1.